The van der Waals surface area contributed by atoms with Gasteiger partial charge in [-0.3, -0.25) is 4.98 Å². The van der Waals surface area contributed by atoms with Gasteiger partial charge in [-0.1, -0.05) is 5.16 Å². The average molecular weight is 284 g/mol. The quantitative estimate of drug-likeness (QED) is 0.867. The van der Waals surface area contributed by atoms with Crippen LogP contribution in [0.15, 0.2) is 27.5 Å². The maximum Gasteiger partial charge on any atom is 0.259 e. The van der Waals surface area contributed by atoms with Crippen molar-refractivity contribution in [3.63, 3.8) is 0 Å². The second kappa shape index (κ2) is 4.71. The van der Waals surface area contributed by atoms with E-state index in [0.29, 0.717) is 11.7 Å². The Labute approximate surface area is 101 Å². The Morgan fingerprint density at radius 1 is 1.44 bits per heavy atom. The molecule has 0 aliphatic rings. The molecule has 2 aromatic rings. The van der Waals surface area contributed by atoms with Crippen molar-refractivity contribution in [1.82, 2.24) is 15.1 Å². The summed E-state index contributed by atoms with van der Waals surface area (Å²) < 4.78 is 11.1. The molecule has 5 nitrogen and oxygen atoms in total. The van der Waals surface area contributed by atoms with Crippen molar-refractivity contribution in [3.8, 4) is 11.5 Å². The van der Waals surface area contributed by atoms with Gasteiger partial charge in [-0.05, 0) is 28.9 Å². The van der Waals surface area contributed by atoms with Crippen molar-refractivity contribution in [2.24, 2.45) is 0 Å². The van der Waals surface area contributed by atoms with E-state index in [4.69, 9.17) is 9.26 Å². The Hall–Kier alpha value is -1.27. The van der Waals surface area contributed by atoms with E-state index in [-0.39, 0.29) is 6.10 Å². The summed E-state index contributed by atoms with van der Waals surface area (Å²) in [5, 5.41) is 3.84. The number of aromatic nitrogens is 3. The maximum absolute atomic E-state index is 5.13. The Balaban J connectivity index is 2.31. The lowest BCUT2D eigenvalue weighted by Crippen LogP contribution is -1.97. The minimum absolute atomic E-state index is 0.183. The molecular formula is C10H10BrN3O2. The topological polar surface area (TPSA) is 61.0 Å². The van der Waals surface area contributed by atoms with Gasteiger partial charge < -0.3 is 9.26 Å². The molecule has 0 amide bonds. The first-order valence-corrected chi connectivity index (χ1v) is 5.47. The summed E-state index contributed by atoms with van der Waals surface area (Å²) in [6.45, 7) is 1.85. The van der Waals surface area contributed by atoms with Gasteiger partial charge in [-0.25, -0.2) is 0 Å². The molecule has 16 heavy (non-hydrogen) atoms. The molecule has 6 heteroatoms. The van der Waals surface area contributed by atoms with E-state index in [1.807, 2.05) is 13.0 Å². The van der Waals surface area contributed by atoms with E-state index in [1.165, 1.54) is 0 Å². The van der Waals surface area contributed by atoms with Crippen LogP contribution in [0, 0.1) is 0 Å². The predicted octanol–water partition coefficient (Wildman–Crippen LogP) is 2.60. The summed E-state index contributed by atoms with van der Waals surface area (Å²) in [4.78, 5) is 8.26. The highest BCUT2D eigenvalue weighted by atomic mass is 79.9. The lowest BCUT2D eigenvalue weighted by molar-refractivity contribution is 0.109. The van der Waals surface area contributed by atoms with Crippen molar-refractivity contribution in [3.05, 3.63) is 28.8 Å². The average Bonchev–Trinajstić information content (AvgIpc) is 2.77. The monoisotopic (exact) mass is 283 g/mol. The molecule has 0 N–H and O–H groups in total. The molecule has 84 valence electrons. The fourth-order valence-corrected chi connectivity index (χ4v) is 1.52. The van der Waals surface area contributed by atoms with E-state index in [0.717, 1.165) is 10.0 Å². The highest BCUT2D eigenvalue weighted by molar-refractivity contribution is 9.10. The number of rotatable bonds is 3. The summed E-state index contributed by atoms with van der Waals surface area (Å²) in [7, 11) is 1.60. The summed E-state index contributed by atoms with van der Waals surface area (Å²) in [6, 6.07) is 1.86. The first-order chi connectivity index (χ1) is 7.70. The molecule has 2 rings (SSSR count). The van der Waals surface area contributed by atoms with Crippen LogP contribution in [0.25, 0.3) is 11.5 Å². The van der Waals surface area contributed by atoms with Crippen LogP contribution >= 0.6 is 15.9 Å². The Bertz CT molecular complexity index is 486. The molecule has 0 aliphatic carbocycles. The molecule has 1 atom stereocenters. The van der Waals surface area contributed by atoms with Crippen LogP contribution in [0.4, 0.5) is 0 Å². The fraction of sp³-hybridized carbons (Fsp3) is 0.300. The number of pyridine rings is 1. The van der Waals surface area contributed by atoms with Crippen LogP contribution in [0.1, 0.15) is 18.9 Å². The molecule has 0 saturated heterocycles. The van der Waals surface area contributed by atoms with Crippen LogP contribution in [0.2, 0.25) is 0 Å². The first kappa shape index (κ1) is 11.2. The van der Waals surface area contributed by atoms with Gasteiger partial charge in [-0.2, -0.15) is 4.98 Å². The van der Waals surface area contributed by atoms with E-state index in [9.17, 15) is 0 Å². The zero-order chi connectivity index (χ0) is 11.5. The molecule has 0 aromatic carbocycles. The largest absolute Gasteiger partial charge is 0.374 e. The molecule has 2 aromatic heterocycles. The third-order valence-corrected chi connectivity index (χ3v) is 2.54. The molecule has 0 aliphatic heterocycles. The summed E-state index contributed by atoms with van der Waals surface area (Å²) in [5.41, 5.74) is 0.774. The highest BCUT2D eigenvalue weighted by Crippen LogP contribution is 2.22. The van der Waals surface area contributed by atoms with Gasteiger partial charge in [0.2, 0.25) is 5.82 Å². The number of hydrogen-bond acceptors (Lipinski definition) is 5. The number of hydrogen-bond donors (Lipinski definition) is 0. The third-order valence-electron chi connectivity index (χ3n) is 2.11. The second-order valence-electron chi connectivity index (χ2n) is 3.23. The summed E-state index contributed by atoms with van der Waals surface area (Å²) >= 11 is 3.33. The van der Waals surface area contributed by atoms with Crippen molar-refractivity contribution < 1.29 is 9.26 Å². The van der Waals surface area contributed by atoms with Gasteiger partial charge >= 0.3 is 0 Å². The predicted molar refractivity (Wildman–Crippen MR) is 60.7 cm³/mol. The number of nitrogens with zero attached hydrogens (tertiary/aromatic N) is 3. The number of ether oxygens (including phenoxy) is 1. The minimum atomic E-state index is -0.183. The van der Waals surface area contributed by atoms with Gasteiger partial charge in [0.25, 0.3) is 5.89 Å². The van der Waals surface area contributed by atoms with E-state index in [2.05, 4.69) is 31.1 Å². The Morgan fingerprint density at radius 3 is 2.94 bits per heavy atom. The van der Waals surface area contributed by atoms with Crippen molar-refractivity contribution >= 4 is 15.9 Å². The molecule has 2 heterocycles. The molecule has 0 radical (unpaired) electrons. The van der Waals surface area contributed by atoms with Crippen LogP contribution < -0.4 is 0 Å². The second-order valence-corrected chi connectivity index (χ2v) is 4.14. The minimum Gasteiger partial charge on any atom is -0.374 e. The summed E-state index contributed by atoms with van der Waals surface area (Å²) in [6.07, 6.45) is 3.18. The lowest BCUT2D eigenvalue weighted by atomic mass is 10.3. The Kier molecular flexibility index (Phi) is 3.31. The number of methoxy groups -OCH3 is 1. The smallest absolute Gasteiger partial charge is 0.259 e. The molecule has 0 fully saturated rings. The third kappa shape index (κ3) is 2.28. The Morgan fingerprint density at radius 2 is 2.25 bits per heavy atom. The molecule has 0 spiro atoms. The number of halogens is 1. The zero-order valence-electron chi connectivity index (χ0n) is 8.85. The van der Waals surface area contributed by atoms with Gasteiger partial charge in [0.1, 0.15) is 6.10 Å². The fourth-order valence-electron chi connectivity index (χ4n) is 1.15. The van der Waals surface area contributed by atoms with E-state index in [1.54, 1.807) is 19.5 Å². The van der Waals surface area contributed by atoms with Crippen molar-refractivity contribution in [2.75, 3.05) is 7.11 Å². The van der Waals surface area contributed by atoms with Crippen molar-refractivity contribution in [2.45, 2.75) is 13.0 Å². The molecule has 0 unspecified atom stereocenters. The van der Waals surface area contributed by atoms with Crippen LogP contribution in [0.5, 0.6) is 0 Å². The van der Waals surface area contributed by atoms with Crippen LogP contribution in [0.3, 0.4) is 0 Å². The van der Waals surface area contributed by atoms with Crippen LogP contribution in [-0.4, -0.2) is 22.2 Å². The zero-order valence-corrected chi connectivity index (χ0v) is 10.4. The lowest BCUT2D eigenvalue weighted by Gasteiger charge is -2.00. The molecular weight excluding hydrogens is 274 g/mol. The van der Waals surface area contributed by atoms with Gasteiger partial charge in [-0.15, -0.1) is 0 Å². The highest BCUT2D eigenvalue weighted by Gasteiger charge is 2.14. The first-order valence-electron chi connectivity index (χ1n) is 4.68. The standard InChI is InChI=1S/C10H10BrN3O2/c1-6(15-2)9-13-10(16-14-9)7-3-8(11)5-12-4-7/h3-6H,1-2H3/t6-/m1/s1. The summed E-state index contributed by atoms with van der Waals surface area (Å²) in [5.74, 6) is 0.963. The normalized spacial score (nSPS) is 12.7. The van der Waals surface area contributed by atoms with E-state index >= 15 is 0 Å². The molecule has 0 saturated carbocycles. The van der Waals surface area contributed by atoms with Gasteiger partial charge in [0.15, 0.2) is 0 Å². The molecule has 0 bridgehead atoms. The van der Waals surface area contributed by atoms with Crippen LogP contribution in [-0.2, 0) is 4.74 Å². The SMILES string of the molecule is CO[C@H](C)c1noc(-c2cncc(Br)c2)n1. The maximum atomic E-state index is 5.13. The van der Waals surface area contributed by atoms with E-state index < -0.39 is 0 Å². The van der Waals surface area contributed by atoms with Gasteiger partial charge in [0.05, 0.1) is 5.56 Å². The van der Waals surface area contributed by atoms with Gasteiger partial charge in [0, 0.05) is 24.0 Å². The van der Waals surface area contributed by atoms with Crippen molar-refractivity contribution in [1.29, 1.82) is 0 Å².